The topological polar surface area (TPSA) is 47.0 Å². The molecule has 2 aromatic rings. The Balaban J connectivity index is 2.43. The summed E-state index contributed by atoms with van der Waals surface area (Å²) < 4.78 is 6.38. The van der Waals surface area contributed by atoms with Gasteiger partial charge in [0.2, 0.25) is 0 Å². The van der Waals surface area contributed by atoms with E-state index in [1.807, 2.05) is 26.0 Å². The highest BCUT2D eigenvalue weighted by molar-refractivity contribution is 14.1. The Morgan fingerprint density at radius 3 is 2.62 bits per heavy atom. The SMILES string of the molecule is CCCNc1nc(-c2ccc(OC)c(C)c2)nc(C)c1I. The predicted molar refractivity (Wildman–Crippen MR) is 95.0 cm³/mol. The Morgan fingerprint density at radius 2 is 2.00 bits per heavy atom. The molecule has 112 valence electrons. The standard InChI is InChI=1S/C16H20IN3O/c1-5-8-18-16-14(17)11(3)19-15(20-16)12-6-7-13(21-4)10(2)9-12/h6-7,9H,5,8H2,1-4H3,(H,18,19,20). The van der Waals surface area contributed by atoms with Crippen molar-refractivity contribution < 1.29 is 4.74 Å². The van der Waals surface area contributed by atoms with Gasteiger partial charge in [0, 0.05) is 12.1 Å². The number of benzene rings is 1. The monoisotopic (exact) mass is 397 g/mol. The lowest BCUT2D eigenvalue weighted by Crippen LogP contribution is -2.07. The summed E-state index contributed by atoms with van der Waals surface area (Å²) in [6, 6.07) is 6.02. The molecule has 0 amide bonds. The first-order valence-electron chi connectivity index (χ1n) is 6.99. The van der Waals surface area contributed by atoms with Gasteiger partial charge in [0.25, 0.3) is 0 Å². The fraction of sp³-hybridized carbons (Fsp3) is 0.375. The summed E-state index contributed by atoms with van der Waals surface area (Å²) >= 11 is 2.29. The first-order chi connectivity index (χ1) is 10.1. The van der Waals surface area contributed by atoms with Crippen molar-refractivity contribution in [2.45, 2.75) is 27.2 Å². The highest BCUT2D eigenvalue weighted by Gasteiger charge is 2.11. The van der Waals surface area contributed by atoms with Gasteiger partial charge in [-0.25, -0.2) is 9.97 Å². The highest BCUT2D eigenvalue weighted by Crippen LogP contribution is 2.27. The zero-order valence-corrected chi connectivity index (χ0v) is 15.0. The van der Waals surface area contributed by atoms with Crippen LogP contribution < -0.4 is 10.1 Å². The van der Waals surface area contributed by atoms with Gasteiger partial charge < -0.3 is 10.1 Å². The second-order valence-corrected chi connectivity index (χ2v) is 5.99. The lowest BCUT2D eigenvalue weighted by molar-refractivity contribution is 0.412. The number of halogens is 1. The van der Waals surface area contributed by atoms with E-state index in [4.69, 9.17) is 4.74 Å². The van der Waals surface area contributed by atoms with Gasteiger partial charge in [0.15, 0.2) is 5.82 Å². The number of rotatable bonds is 5. The molecule has 5 heteroatoms. The number of aryl methyl sites for hydroxylation is 2. The van der Waals surface area contributed by atoms with Crippen molar-refractivity contribution in [2.75, 3.05) is 19.0 Å². The minimum Gasteiger partial charge on any atom is -0.496 e. The minimum absolute atomic E-state index is 0.747. The van der Waals surface area contributed by atoms with Gasteiger partial charge in [-0.2, -0.15) is 0 Å². The van der Waals surface area contributed by atoms with E-state index in [2.05, 4.69) is 50.9 Å². The van der Waals surface area contributed by atoms with Crippen LogP contribution in [-0.2, 0) is 0 Å². The average Bonchev–Trinajstić information content (AvgIpc) is 2.48. The number of hydrogen-bond acceptors (Lipinski definition) is 4. The predicted octanol–water partition coefficient (Wildman–Crippen LogP) is 4.20. The molecule has 1 aromatic carbocycles. The molecule has 4 nitrogen and oxygen atoms in total. The third-order valence-corrected chi connectivity index (χ3v) is 4.50. The van der Waals surface area contributed by atoms with Gasteiger partial charge in [-0.05, 0) is 66.6 Å². The van der Waals surface area contributed by atoms with Gasteiger partial charge in [-0.1, -0.05) is 6.92 Å². The Bertz CT molecular complexity index is 644. The van der Waals surface area contributed by atoms with Crippen molar-refractivity contribution in [2.24, 2.45) is 0 Å². The molecule has 0 aliphatic carbocycles. The molecule has 2 rings (SSSR count). The number of ether oxygens (including phenoxy) is 1. The summed E-state index contributed by atoms with van der Waals surface area (Å²) in [4.78, 5) is 9.28. The number of methoxy groups -OCH3 is 1. The van der Waals surface area contributed by atoms with Crippen LogP contribution >= 0.6 is 22.6 Å². The van der Waals surface area contributed by atoms with Gasteiger partial charge in [0.05, 0.1) is 16.4 Å². The molecule has 0 spiro atoms. The van der Waals surface area contributed by atoms with Crippen molar-refractivity contribution in [3.05, 3.63) is 33.0 Å². The molecule has 1 aromatic heterocycles. The van der Waals surface area contributed by atoms with Crippen molar-refractivity contribution >= 4 is 28.4 Å². The molecule has 1 heterocycles. The lowest BCUT2D eigenvalue weighted by atomic mass is 10.1. The number of aromatic nitrogens is 2. The van der Waals surface area contributed by atoms with E-state index >= 15 is 0 Å². The molecule has 0 fully saturated rings. The maximum absolute atomic E-state index is 5.30. The molecule has 0 unspecified atom stereocenters. The molecular formula is C16H20IN3O. The van der Waals surface area contributed by atoms with Crippen LogP contribution in [0.4, 0.5) is 5.82 Å². The number of nitrogens with one attached hydrogen (secondary N) is 1. The second-order valence-electron chi connectivity index (χ2n) is 4.91. The summed E-state index contributed by atoms with van der Waals surface area (Å²) in [6.07, 6.45) is 1.07. The van der Waals surface area contributed by atoms with E-state index in [0.29, 0.717) is 0 Å². The molecular weight excluding hydrogens is 377 g/mol. The van der Waals surface area contributed by atoms with Crippen LogP contribution in [0.25, 0.3) is 11.4 Å². The van der Waals surface area contributed by atoms with E-state index < -0.39 is 0 Å². The maximum Gasteiger partial charge on any atom is 0.161 e. The summed E-state index contributed by atoms with van der Waals surface area (Å²) in [6.45, 7) is 7.09. The minimum atomic E-state index is 0.747. The molecule has 0 aliphatic rings. The number of hydrogen-bond donors (Lipinski definition) is 1. The van der Waals surface area contributed by atoms with Gasteiger partial charge in [-0.15, -0.1) is 0 Å². The quantitative estimate of drug-likeness (QED) is 0.769. The molecule has 0 saturated heterocycles. The zero-order valence-electron chi connectivity index (χ0n) is 12.8. The Hall–Kier alpha value is -1.37. The number of anilines is 1. The van der Waals surface area contributed by atoms with E-state index in [9.17, 15) is 0 Å². The van der Waals surface area contributed by atoms with Crippen molar-refractivity contribution in [3.8, 4) is 17.1 Å². The fourth-order valence-corrected chi connectivity index (χ4v) is 2.50. The summed E-state index contributed by atoms with van der Waals surface area (Å²) in [5.41, 5.74) is 3.08. The van der Waals surface area contributed by atoms with Crippen molar-refractivity contribution in [1.82, 2.24) is 9.97 Å². The smallest absolute Gasteiger partial charge is 0.161 e. The average molecular weight is 397 g/mol. The Morgan fingerprint density at radius 1 is 1.24 bits per heavy atom. The largest absolute Gasteiger partial charge is 0.496 e. The summed E-state index contributed by atoms with van der Waals surface area (Å²) in [7, 11) is 1.68. The van der Waals surface area contributed by atoms with E-state index in [-0.39, 0.29) is 0 Å². The van der Waals surface area contributed by atoms with Crippen molar-refractivity contribution in [3.63, 3.8) is 0 Å². The van der Waals surface area contributed by atoms with E-state index in [0.717, 1.165) is 50.7 Å². The van der Waals surface area contributed by atoms with Gasteiger partial charge in [0.1, 0.15) is 11.6 Å². The van der Waals surface area contributed by atoms with Gasteiger partial charge in [-0.3, -0.25) is 0 Å². The molecule has 0 aliphatic heterocycles. The van der Waals surface area contributed by atoms with Crippen LogP contribution in [0.1, 0.15) is 24.6 Å². The van der Waals surface area contributed by atoms with E-state index in [1.54, 1.807) is 7.11 Å². The first kappa shape index (κ1) is 16.0. The molecule has 1 N–H and O–H groups in total. The molecule has 0 radical (unpaired) electrons. The van der Waals surface area contributed by atoms with Crippen LogP contribution in [0.15, 0.2) is 18.2 Å². The summed E-state index contributed by atoms with van der Waals surface area (Å²) in [5.74, 6) is 2.54. The van der Waals surface area contributed by atoms with Crippen LogP contribution in [0.5, 0.6) is 5.75 Å². The third kappa shape index (κ3) is 3.64. The molecule has 0 atom stereocenters. The normalized spacial score (nSPS) is 10.5. The Labute approximate surface area is 139 Å². The van der Waals surface area contributed by atoms with E-state index in [1.165, 1.54) is 0 Å². The lowest BCUT2D eigenvalue weighted by Gasteiger charge is -2.12. The third-order valence-electron chi connectivity index (χ3n) is 3.21. The molecule has 0 saturated carbocycles. The zero-order chi connectivity index (χ0) is 15.4. The highest BCUT2D eigenvalue weighted by atomic mass is 127. The van der Waals surface area contributed by atoms with Crippen LogP contribution in [-0.4, -0.2) is 23.6 Å². The molecule has 0 bridgehead atoms. The fourth-order valence-electron chi connectivity index (χ4n) is 2.07. The Kier molecular flexibility index (Phi) is 5.39. The maximum atomic E-state index is 5.30. The van der Waals surface area contributed by atoms with Crippen LogP contribution in [0.3, 0.4) is 0 Å². The van der Waals surface area contributed by atoms with Crippen molar-refractivity contribution in [1.29, 1.82) is 0 Å². The van der Waals surface area contributed by atoms with Crippen LogP contribution in [0.2, 0.25) is 0 Å². The first-order valence-corrected chi connectivity index (χ1v) is 8.07. The van der Waals surface area contributed by atoms with Gasteiger partial charge >= 0.3 is 0 Å². The molecule has 21 heavy (non-hydrogen) atoms. The van der Waals surface area contributed by atoms with Crippen LogP contribution in [0, 0.1) is 17.4 Å². The second kappa shape index (κ2) is 7.06. The number of nitrogens with zero attached hydrogens (tertiary/aromatic N) is 2. The summed E-state index contributed by atoms with van der Waals surface area (Å²) in [5, 5.41) is 3.37.